The molecule has 0 saturated heterocycles. The first-order valence-electron chi connectivity index (χ1n) is 10.1. The lowest BCUT2D eigenvalue weighted by Gasteiger charge is -2.18. The van der Waals surface area contributed by atoms with Gasteiger partial charge in [0.2, 0.25) is 0 Å². The van der Waals surface area contributed by atoms with Gasteiger partial charge in [-0.3, -0.25) is 20.0 Å². The lowest BCUT2D eigenvalue weighted by Crippen LogP contribution is -2.25. The summed E-state index contributed by atoms with van der Waals surface area (Å²) in [6.07, 6.45) is 5.16. The Morgan fingerprint density at radius 2 is 0.852 bits per heavy atom. The van der Waals surface area contributed by atoms with Gasteiger partial charge in [0.15, 0.2) is 23.6 Å². The third kappa shape index (κ3) is 4.59. The fraction of sp³-hybridized carbons (Fsp3) is 0.789. The van der Waals surface area contributed by atoms with Crippen molar-refractivity contribution in [3.8, 4) is 0 Å². The molecule has 0 aliphatic carbocycles. The van der Waals surface area contributed by atoms with Crippen LogP contribution < -0.4 is 0 Å². The Morgan fingerprint density at radius 3 is 1.11 bits per heavy atom. The molecule has 0 bridgehead atoms. The van der Waals surface area contributed by atoms with Crippen LogP contribution in [0.25, 0.3) is 0 Å². The zero-order valence-corrected chi connectivity index (χ0v) is 15.8. The Balaban J connectivity index is 1.25. The minimum atomic E-state index is 0.0795. The van der Waals surface area contributed by atoms with Crippen LogP contribution in [0.2, 0.25) is 0 Å². The van der Waals surface area contributed by atoms with Crippen LogP contribution >= 0.6 is 0 Å². The Bertz CT molecular complexity index is 542. The third-order valence-electron chi connectivity index (χ3n) is 5.11. The smallest absolute Gasteiger partial charge is 0.196 e. The molecule has 0 amide bonds. The van der Waals surface area contributed by atoms with E-state index in [9.17, 15) is 0 Å². The summed E-state index contributed by atoms with van der Waals surface area (Å²) in [5, 5.41) is 0. The highest BCUT2D eigenvalue weighted by Gasteiger charge is 2.30. The maximum Gasteiger partial charge on any atom is 0.196 e. The minimum Gasteiger partial charge on any atom is -0.478 e. The van der Waals surface area contributed by atoms with Gasteiger partial charge < -0.3 is 18.9 Å². The van der Waals surface area contributed by atoms with Gasteiger partial charge in [-0.25, -0.2) is 0 Å². The summed E-state index contributed by atoms with van der Waals surface area (Å²) in [5.41, 5.74) is 0. The quantitative estimate of drug-likeness (QED) is 0.545. The number of rotatable bonds is 10. The van der Waals surface area contributed by atoms with E-state index in [4.69, 9.17) is 18.9 Å². The van der Waals surface area contributed by atoms with E-state index in [1.165, 1.54) is 0 Å². The van der Waals surface area contributed by atoms with E-state index in [2.05, 4.69) is 20.0 Å². The lowest BCUT2D eigenvalue weighted by atomic mass is 9.96. The molecule has 0 radical (unpaired) electrons. The zero-order chi connectivity index (χ0) is 18.3. The highest BCUT2D eigenvalue weighted by Crippen LogP contribution is 2.23. The molecule has 0 aromatic rings. The summed E-state index contributed by atoms with van der Waals surface area (Å²) < 4.78 is 22.7. The van der Waals surface area contributed by atoms with Gasteiger partial charge >= 0.3 is 0 Å². The van der Waals surface area contributed by atoms with Gasteiger partial charge in [0.1, 0.15) is 38.3 Å². The first-order valence-corrected chi connectivity index (χ1v) is 10.1. The van der Waals surface area contributed by atoms with E-state index < -0.39 is 0 Å². The van der Waals surface area contributed by atoms with Crippen molar-refractivity contribution >= 4 is 23.6 Å². The Labute approximate surface area is 159 Å². The van der Waals surface area contributed by atoms with E-state index in [1.807, 2.05) is 0 Å². The predicted molar refractivity (Wildman–Crippen MR) is 103 cm³/mol. The molecule has 0 saturated carbocycles. The molecule has 27 heavy (non-hydrogen) atoms. The second-order valence-electron chi connectivity index (χ2n) is 7.02. The minimum absolute atomic E-state index is 0.0795. The molecule has 4 aliphatic heterocycles. The third-order valence-corrected chi connectivity index (χ3v) is 5.11. The highest BCUT2D eigenvalue weighted by atomic mass is 16.5. The van der Waals surface area contributed by atoms with Crippen molar-refractivity contribution in [2.24, 2.45) is 31.8 Å². The summed E-state index contributed by atoms with van der Waals surface area (Å²) >= 11 is 0. The van der Waals surface area contributed by atoms with Crippen LogP contribution in [0.3, 0.4) is 0 Å². The molecular weight excluding hydrogens is 348 g/mol. The number of aliphatic imine (C=N–C) groups is 4. The number of ether oxygens (including phenoxy) is 4. The SMILES string of the molecule is C(CCC(C1=NCCO1)C1=NCCO1)CCC(C1=NCCO1)C1=NCCO1. The molecule has 8 heteroatoms. The van der Waals surface area contributed by atoms with Crippen LogP contribution in [0.15, 0.2) is 20.0 Å². The van der Waals surface area contributed by atoms with E-state index >= 15 is 0 Å². The van der Waals surface area contributed by atoms with Crippen molar-refractivity contribution in [3.63, 3.8) is 0 Å². The summed E-state index contributed by atoms with van der Waals surface area (Å²) in [6, 6.07) is 0. The van der Waals surface area contributed by atoms with Gasteiger partial charge in [-0.1, -0.05) is 19.3 Å². The number of nitrogens with zero attached hydrogens (tertiary/aromatic N) is 4. The average molecular weight is 376 g/mol. The van der Waals surface area contributed by atoms with Crippen LogP contribution in [0, 0.1) is 11.8 Å². The van der Waals surface area contributed by atoms with Crippen molar-refractivity contribution in [2.75, 3.05) is 52.6 Å². The molecule has 0 fully saturated rings. The maximum atomic E-state index is 5.68. The second kappa shape index (κ2) is 9.19. The first-order chi connectivity index (χ1) is 13.4. The van der Waals surface area contributed by atoms with Crippen molar-refractivity contribution in [1.29, 1.82) is 0 Å². The van der Waals surface area contributed by atoms with Gasteiger partial charge in [0, 0.05) is 0 Å². The molecule has 4 heterocycles. The fourth-order valence-corrected chi connectivity index (χ4v) is 3.83. The zero-order valence-electron chi connectivity index (χ0n) is 15.8. The van der Waals surface area contributed by atoms with Gasteiger partial charge in [-0.2, -0.15) is 0 Å². The van der Waals surface area contributed by atoms with Crippen LogP contribution in [-0.4, -0.2) is 76.2 Å². The maximum absolute atomic E-state index is 5.68. The predicted octanol–water partition coefficient (Wildman–Crippen LogP) is 1.88. The van der Waals surface area contributed by atoms with Crippen LogP contribution in [0.5, 0.6) is 0 Å². The monoisotopic (exact) mass is 376 g/mol. The van der Waals surface area contributed by atoms with Crippen LogP contribution in [-0.2, 0) is 18.9 Å². The molecule has 0 unspecified atom stereocenters. The standard InChI is InChI=1S/C19H28N4O4/c1(2-4-14(16-20-6-10-24-16)17-21-7-11-25-17)3-5-15(18-22-8-12-26-18)19-23-9-13-27-19/h14-15H,1-13H2. The van der Waals surface area contributed by atoms with E-state index in [0.29, 0.717) is 26.4 Å². The number of unbranched alkanes of at least 4 members (excludes halogenated alkanes) is 2. The molecule has 0 aromatic heterocycles. The van der Waals surface area contributed by atoms with Gasteiger partial charge in [0.05, 0.1) is 26.2 Å². The van der Waals surface area contributed by atoms with Crippen LogP contribution in [0.4, 0.5) is 0 Å². The van der Waals surface area contributed by atoms with E-state index in [1.54, 1.807) is 0 Å². The molecular formula is C19H28N4O4. The number of hydrogen-bond donors (Lipinski definition) is 0. The summed E-state index contributed by atoms with van der Waals surface area (Å²) in [6.45, 7) is 5.65. The second-order valence-corrected chi connectivity index (χ2v) is 7.02. The van der Waals surface area contributed by atoms with Crippen molar-refractivity contribution in [1.82, 2.24) is 0 Å². The molecule has 0 aromatic carbocycles. The molecule has 0 atom stereocenters. The average Bonchev–Trinajstić information content (AvgIpc) is 3.51. The molecule has 4 rings (SSSR count). The lowest BCUT2D eigenvalue weighted by molar-refractivity contribution is 0.297. The summed E-state index contributed by atoms with van der Waals surface area (Å²) in [7, 11) is 0. The Morgan fingerprint density at radius 1 is 0.519 bits per heavy atom. The van der Waals surface area contributed by atoms with Gasteiger partial charge in [0.25, 0.3) is 0 Å². The molecule has 0 N–H and O–H groups in total. The molecule has 8 nitrogen and oxygen atoms in total. The Kier molecular flexibility index (Phi) is 6.21. The molecule has 148 valence electrons. The molecule has 4 aliphatic rings. The highest BCUT2D eigenvalue weighted by molar-refractivity contribution is 6.01. The largest absolute Gasteiger partial charge is 0.478 e. The normalized spacial score (nSPS) is 21.4. The van der Waals surface area contributed by atoms with Crippen molar-refractivity contribution in [3.05, 3.63) is 0 Å². The Hall–Kier alpha value is -2.12. The van der Waals surface area contributed by atoms with Gasteiger partial charge in [-0.15, -0.1) is 0 Å². The number of hydrogen-bond acceptors (Lipinski definition) is 8. The van der Waals surface area contributed by atoms with Crippen LogP contribution in [0.1, 0.15) is 32.1 Å². The topological polar surface area (TPSA) is 86.4 Å². The van der Waals surface area contributed by atoms with E-state index in [-0.39, 0.29) is 11.8 Å². The first kappa shape index (κ1) is 18.3. The summed E-state index contributed by atoms with van der Waals surface area (Å²) in [5.74, 6) is 3.37. The van der Waals surface area contributed by atoms with Gasteiger partial charge in [-0.05, 0) is 12.8 Å². The molecule has 0 spiro atoms. The van der Waals surface area contributed by atoms with E-state index in [0.717, 1.165) is 81.9 Å². The van der Waals surface area contributed by atoms with Crippen molar-refractivity contribution in [2.45, 2.75) is 32.1 Å². The fourth-order valence-electron chi connectivity index (χ4n) is 3.83. The van der Waals surface area contributed by atoms with Crippen molar-refractivity contribution < 1.29 is 18.9 Å². The summed E-state index contributed by atoms with van der Waals surface area (Å²) in [4.78, 5) is 17.9.